The molecule has 0 aromatic carbocycles. The van der Waals surface area contributed by atoms with Crippen molar-refractivity contribution in [3.05, 3.63) is 0 Å². The number of aliphatic hydroxyl groups excluding tert-OH is 1. The average Bonchev–Trinajstić information content (AvgIpc) is 3.12. The standard InChI is InChI=1S/C27H48O9S2/c1-17(2)6-5-7-18(16-35-37(29,30)31)21-10-11-22-20-9-8-19-14-25(36-38(32,33)34)24(28)15-27(19,4)23(20)12-13-26(21,22)3/h17-25,28H,5-16H2,1-4H3,(H,29,30,31)(H,32,33,34)/t18-,19-,20-,21+,22-,23-,24-,25-,26+,27-/m0/s1. The van der Waals surface area contributed by atoms with E-state index in [-0.39, 0.29) is 29.3 Å². The van der Waals surface area contributed by atoms with Gasteiger partial charge in [-0.25, -0.2) is 8.37 Å². The van der Waals surface area contributed by atoms with Crippen LogP contribution in [0.3, 0.4) is 0 Å². The normalized spacial score (nSPS) is 42.4. The van der Waals surface area contributed by atoms with Crippen molar-refractivity contribution in [2.24, 2.45) is 52.3 Å². The smallest absolute Gasteiger partial charge is 0.390 e. The number of hydrogen-bond acceptors (Lipinski definition) is 7. The van der Waals surface area contributed by atoms with Crippen molar-refractivity contribution in [2.75, 3.05) is 6.61 Å². The van der Waals surface area contributed by atoms with E-state index in [2.05, 4.69) is 27.7 Å². The summed E-state index contributed by atoms with van der Waals surface area (Å²) in [5.74, 6) is 2.64. The molecule has 4 rings (SSSR count). The van der Waals surface area contributed by atoms with Crippen LogP contribution >= 0.6 is 0 Å². The average molecular weight is 581 g/mol. The van der Waals surface area contributed by atoms with Crippen LogP contribution in [-0.4, -0.2) is 49.9 Å². The minimum atomic E-state index is -4.62. The zero-order valence-corrected chi connectivity index (χ0v) is 24.9. The van der Waals surface area contributed by atoms with E-state index >= 15 is 0 Å². The van der Waals surface area contributed by atoms with Crippen LogP contribution in [-0.2, 0) is 29.2 Å². The molecular formula is C27H48O9S2. The molecule has 0 bridgehead atoms. The maximum Gasteiger partial charge on any atom is 0.397 e. The fourth-order valence-corrected chi connectivity index (χ4v) is 10.6. The van der Waals surface area contributed by atoms with Crippen molar-refractivity contribution < 1.29 is 39.4 Å². The summed E-state index contributed by atoms with van der Waals surface area (Å²) in [5.41, 5.74) is -0.0507. The number of fused-ring (bicyclic) bond motifs is 5. The first kappa shape index (κ1) is 30.7. The Morgan fingerprint density at radius 2 is 1.58 bits per heavy atom. The Morgan fingerprint density at radius 1 is 0.895 bits per heavy atom. The van der Waals surface area contributed by atoms with Gasteiger partial charge < -0.3 is 5.11 Å². The Hall–Kier alpha value is -0.300. The summed E-state index contributed by atoms with van der Waals surface area (Å²) >= 11 is 0. The van der Waals surface area contributed by atoms with Gasteiger partial charge in [0.1, 0.15) is 6.10 Å². The van der Waals surface area contributed by atoms with E-state index in [1.807, 2.05) is 0 Å². The summed E-state index contributed by atoms with van der Waals surface area (Å²) in [4.78, 5) is 0. The van der Waals surface area contributed by atoms with Gasteiger partial charge in [-0.05, 0) is 110 Å². The van der Waals surface area contributed by atoms with Crippen LogP contribution in [0.15, 0.2) is 0 Å². The quantitative estimate of drug-likeness (QED) is 0.301. The van der Waals surface area contributed by atoms with Gasteiger partial charge >= 0.3 is 20.8 Å². The van der Waals surface area contributed by atoms with Crippen LogP contribution in [0.1, 0.15) is 98.3 Å². The highest BCUT2D eigenvalue weighted by Gasteiger charge is 2.62. The predicted octanol–water partition coefficient (Wildman–Crippen LogP) is 5.07. The van der Waals surface area contributed by atoms with Gasteiger partial charge in [0.25, 0.3) is 0 Å². The maximum atomic E-state index is 11.4. The lowest BCUT2D eigenvalue weighted by Gasteiger charge is -2.62. The third-order valence-electron chi connectivity index (χ3n) is 11.3. The molecule has 222 valence electrons. The fraction of sp³-hybridized carbons (Fsp3) is 1.00. The Morgan fingerprint density at radius 3 is 2.21 bits per heavy atom. The minimum Gasteiger partial charge on any atom is -0.390 e. The van der Waals surface area contributed by atoms with Gasteiger partial charge in [-0.1, -0.05) is 40.5 Å². The van der Waals surface area contributed by atoms with Gasteiger partial charge in [0.15, 0.2) is 0 Å². The molecule has 3 N–H and O–H groups in total. The van der Waals surface area contributed by atoms with Crippen molar-refractivity contribution in [1.29, 1.82) is 0 Å². The fourth-order valence-electron chi connectivity index (χ4n) is 9.70. The number of rotatable bonds is 10. The second-order valence-corrected chi connectivity index (χ2v) is 15.9. The predicted molar refractivity (Wildman–Crippen MR) is 143 cm³/mol. The molecule has 11 heteroatoms. The summed E-state index contributed by atoms with van der Waals surface area (Å²) < 4.78 is 73.8. The van der Waals surface area contributed by atoms with Crippen LogP contribution in [0.2, 0.25) is 0 Å². The molecule has 0 aromatic rings. The highest BCUT2D eigenvalue weighted by molar-refractivity contribution is 7.81. The second-order valence-electron chi connectivity index (χ2n) is 13.8. The van der Waals surface area contributed by atoms with Crippen molar-refractivity contribution in [2.45, 2.75) is 111 Å². The molecule has 4 aliphatic carbocycles. The van der Waals surface area contributed by atoms with Gasteiger partial charge in [-0.15, -0.1) is 0 Å². The van der Waals surface area contributed by atoms with E-state index in [9.17, 15) is 31.0 Å². The molecule has 38 heavy (non-hydrogen) atoms. The van der Waals surface area contributed by atoms with E-state index in [0.29, 0.717) is 42.4 Å². The molecule has 10 atom stereocenters. The van der Waals surface area contributed by atoms with Crippen LogP contribution < -0.4 is 0 Å². The lowest BCUT2D eigenvalue weighted by Crippen LogP contribution is -2.57. The van der Waals surface area contributed by atoms with Crippen molar-refractivity contribution in [1.82, 2.24) is 0 Å². The monoisotopic (exact) mass is 580 g/mol. The van der Waals surface area contributed by atoms with Crippen molar-refractivity contribution in [3.8, 4) is 0 Å². The van der Waals surface area contributed by atoms with E-state index in [0.717, 1.165) is 57.8 Å². The molecule has 0 amide bonds. The summed E-state index contributed by atoms with van der Waals surface area (Å²) in [6.07, 6.45) is 8.17. The molecule has 0 heterocycles. The summed E-state index contributed by atoms with van der Waals surface area (Å²) in [7, 11) is -9.11. The molecule has 4 aliphatic rings. The van der Waals surface area contributed by atoms with E-state index in [1.165, 1.54) is 0 Å². The summed E-state index contributed by atoms with van der Waals surface area (Å²) in [5, 5.41) is 10.8. The zero-order valence-electron chi connectivity index (χ0n) is 23.3. The molecule has 4 saturated carbocycles. The highest BCUT2D eigenvalue weighted by atomic mass is 32.3. The van der Waals surface area contributed by atoms with Crippen LogP contribution in [0.5, 0.6) is 0 Å². The second kappa shape index (κ2) is 11.2. The summed E-state index contributed by atoms with van der Waals surface area (Å²) in [6, 6.07) is 0. The number of aliphatic hydroxyl groups is 1. The first-order chi connectivity index (χ1) is 17.5. The van der Waals surface area contributed by atoms with E-state index in [4.69, 9.17) is 8.37 Å². The summed E-state index contributed by atoms with van der Waals surface area (Å²) in [6.45, 7) is 9.04. The zero-order chi connectivity index (χ0) is 28.1. The van der Waals surface area contributed by atoms with Gasteiger partial charge in [0, 0.05) is 0 Å². The highest BCUT2D eigenvalue weighted by Crippen LogP contribution is 2.68. The molecule has 0 radical (unpaired) electrons. The molecule has 0 spiro atoms. The van der Waals surface area contributed by atoms with E-state index in [1.54, 1.807) is 0 Å². The Bertz CT molecular complexity index is 1040. The first-order valence-electron chi connectivity index (χ1n) is 14.5. The van der Waals surface area contributed by atoms with Crippen molar-refractivity contribution in [3.63, 3.8) is 0 Å². The number of hydrogen-bond donors (Lipinski definition) is 3. The molecule has 0 aromatic heterocycles. The van der Waals surface area contributed by atoms with E-state index < -0.39 is 33.0 Å². The SMILES string of the molecule is CC(C)CCC[C@@H](COS(=O)(=O)O)[C@H]1CC[C@H]2[C@@H]3CC[C@H]4C[C@H](OS(=O)(=O)O)[C@@H](O)C[C@]4(C)[C@H]3CC[C@]12C. The third-order valence-corrected chi connectivity index (χ3v) is 12.3. The Kier molecular flexibility index (Phi) is 9.01. The van der Waals surface area contributed by atoms with Gasteiger partial charge in [0.2, 0.25) is 0 Å². The van der Waals surface area contributed by atoms with Gasteiger partial charge in [0.05, 0.1) is 12.7 Å². The first-order valence-corrected chi connectivity index (χ1v) is 17.2. The molecule has 9 nitrogen and oxygen atoms in total. The topological polar surface area (TPSA) is 147 Å². The van der Waals surface area contributed by atoms with Crippen LogP contribution in [0.25, 0.3) is 0 Å². The van der Waals surface area contributed by atoms with Gasteiger partial charge in [-0.3, -0.25) is 9.11 Å². The lowest BCUT2D eigenvalue weighted by atomic mass is 9.44. The molecule has 0 saturated heterocycles. The van der Waals surface area contributed by atoms with Crippen LogP contribution in [0, 0.1) is 52.3 Å². The molecule has 4 fully saturated rings. The lowest BCUT2D eigenvalue weighted by molar-refractivity contribution is -0.157. The van der Waals surface area contributed by atoms with Crippen molar-refractivity contribution >= 4 is 20.8 Å². The molecule has 0 unspecified atom stereocenters. The largest absolute Gasteiger partial charge is 0.397 e. The Labute approximate surface area is 229 Å². The minimum absolute atomic E-state index is 0.0269. The Balaban J connectivity index is 1.51. The van der Waals surface area contributed by atoms with Gasteiger partial charge in [-0.2, -0.15) is 16.8 Å². The third kappa shape index (κ3) is 6.44. The maximum absolute atomic E-state index is 11.4. The van der Waals surface area contributed by atoms with Crippen LogP contribution in [0.4, 0.5) is 0 Å². The molecule has 0 aliphatic heterocycles. The molecular weight excluding hydrogens is 532 g/mol.